The second-order valence-electron chi connectivity index (χ2n) is 6.68. The zero-order valence-electron chi connectivity index (χ0n) is 16.5. The third-order valence-electron chi connectivity index (χ3n) is 4.40. The summed E-state index contributed by atoms with van der Waals surface area (Å²) < 4.78 is 63.4. The van der Waals surface area contributed by atoms with Gasteiger partial charge >= 0.3 is 6.18 Å². The number of carbonyl (C=O) groups is 1. The third kappa shape index (κ3) is 5.09. The smallest absolute Gasteiger partial charge is 0.325 e. The predicted octanol–water partition coefficient (Wildman–Crippen LogP) is 5.31. The fraction of sp³-hybridized carbons (Fsp3) is 0.143. The van der Waals surface area contributed by atoms with Gasteiger partial charge in [-0.3, -0.25) is 14.3 Å². The molecule has 1 heterocycles. The molecule has 1 amide bonds. The lowest BCUT2D eigenvalue weighted by atomic mass is 10.0. The molecule has 3 rings (SSSR count). The van der Waals surface area contributed by atoms with Crippen LogP contribution in [0.3, 0.4) is 0 Å². The number of halogens is 3. The number of aryl methyl sites for hydroxylation is 1. The van der Waals surface area contributed by atoms with Gasteiger partial charge in [0.15, 0.2) is 0 Å². The molecule has 0 fully saturated rings. The van der Waals surface area contributed by atoms with Crippen molar-refractivity contribution in [3.8, 4) is 11.1 Å². The third-order valence-corrected chi connectivity index (χ3v) is 5.11. The SMILES string of the molecule is CC(=O)Nc1cncc(-c2ccc(C)c(N(c3ccccc3C(F)(F)F)S(=O)O)c2)c1. The predicted molar refractivity (Wildman–Crippen MR) is 113 cm³/mol. The summed E-state index contributed by atoms with van der Waals surface area (Å²) in [5, 5.41) is 2.61. The number of hydrogen-bond acceptors (Lipinski definition) is 3. The topological polar surface area (TPSA) is 82.5 Å². The highest BCUT2D eigenvalue weighted by Crippen LogP contribution is 2.41. The van der Waals surface area contributed by atoms with Crippen LogP contribution in [0.25, 0.3) is 11.1 Å². The molecular weight excluding hydrogens is 431 g/mol. The number of nitrogens with zero attached hydrogens (tertiary/aromatic N) is 2. The molecule has 0 saturated carbocycles. The zero-order valence-corrected chi connectivity index (χ0v) is 17.3. The first-order valence-corrected chi connectivity index (χ1v) is 10.1. The normalized spacial score (nSPS) is 12.3. The Bertz CT molecular complexity index is 1150. The summed E-state index contributed by atoms with van der Waals surface area (Å²) in [5.41, 5.74) is 0.699. The van der Waals surface area contributed by atoms with Gasteiger partial charge in [0.25, 0.3) is 11.3 Å². The molecule has 0 radical (unpaired) electrons. The molecule has 0 saturated heterocycles. The Morgan fingerprint density at radius 1 is 1.06 bits per heavy atom. The molecule has 1 aromatic heterocycles. The van der Waals surface area contributed by atoms with Gasteiger partial charge < -0.3 is 5.32 Å². The first-order chi connectivity index (χ1) is 14.6. The number of rotatable bonds is 5. The minimum Gasteiger partial charge on any atom is -0.325 e. The van der Waals surface area contributed by atoms with E-state index in [1.807, 2.05) is 0 Å². The largest absolute Gasteiger partial charge is 0.418 e. The molecule has 10 heteroatoms. The summed E-state index contributed by atoms with van der Waals surface area (Å²) >= 11 is -2.78. The van der Waals surface area contributed by atoms with Gasteiger partial charge in [0.1, 0.15) is 0 Å². The van der Waals surface area contributed by atoms with E-state index in [9.17, 15) is 26.7 Å². The van der Waals surface area contributed by atoms with Gasteiger partial charge in [-0.25, -0.2) is 8.51 Å². The summed E-state index contributed by atoms with van der Waals surface area (Å²) in [7, 11) is 0. The van der Waals surface area contributed by atoms with E-state index in [0.29, 0.717) is 22.4 Å². The summed E-state index contributed by atoms with van der Waals surface area (Å²) in [4.78, 5) is 15.4. The van der Waals surface area contributed by atoms with Crippen LogP contribution in [0.2, 0.25) is 0 Å². The highest BCUT2D eigenvalue weighted by atomic mass is 32.2. The Morgan fingerprint density at radius 3 is 2.42 bits per heavy atom. The average Bonchev–Trinajstić information content (AvgIpc) is 2.68. The quantitative estimate of drug-likeness (QED) is 0.517. The number of anilines is 3. The molecule has 3 aromatic rings. The van der Waals surface area contributed by atoms with E-state index < -0.39 is 28.7 Å². The molecule has 6 nitrogen and oxygen atoms in total. The molecule has 0 aliphatic carbocycles. The monoisotopic (exact) mass is 449 g/mol. The maximum atomic E-state index is 13.5. The van der Waals surface area contributed by atoms with Crippen LogP contribution >= 0.6 is 0 Å². The van der Waals surface area contributed by atoms with Crippen LogP contribution in [0.1, 0.15) is 18.1 Å². The molecule has 2 aromatic carbocycles. The zero-order chi connectivity index (χ0) is 22.8. The van der Waals surface area contributed by atoms with E-state index in [1.54, 1.807) is 25.1 Å². The second-order valence-corrected chi connectivity index (χ2v) is 7.51. The van der Waals surface area contributed by atoms with E-state index in [0.717, 1.165) is 16.4 Å². The Kier molecular flexibility index (Phi) is 6.42. The van der Waals surface area contributed by atoms with Gasteiger partial charge in [-0.15, -0.1) is 0 Å². The standard InChI is InChI=1S/C21H18F3N3O3S/c1-13-7-8-15(16-9-17(12-25-11-16)26-14(2)28)10-20(13)27(31(29)30)19-6-4-3-5-18(19)21(22,23)24/h3-12H,1-2H3,(H,26,28)(H,29,30). The number of benzene rings is 2. The minimum atomic E-state index is -4.71. The maximum Gasteiger partial charge on any atom is 0.418 e. The number of nitrogens with one attached hydrogen (secondary N) is 1. The van der Waals surface area contributed by atoms with Gasteiger partial charge in [0.2, 0.25) is 5.91 Å². The molecule has 0 bridgehead atoms. The van der Waals surface area contributed by atoms with Crippen molar-refractivity contribution in [2.24, 2.45) is 0 Å². The lowest BCUT2D eigenvalue weighted by Gasteiger charge is -2.25. The average molecular weight is 449 g/mol. The number of aromatic nitrogens is 1. The molecule has 0 spiro atoms. The van der Waals surface area contributed by atoms with Crippen LogP contribution in [0.4, 0.5) is 30.2 Å². The molecule has 1 atom stereocenters. The maximum absolute atomic E-state index is 13.5. The minimum absolute atomic E-state index is 0.125. The van der Waals surface area contributed by atoms with Crippen molar-refractivity contribution in [1.82, 2.24) is 4.98 Å². The van der Waals surface area contributed by atoms with Crippen molar-refractivity contribution >= 4 is 34.2 Å². The van der Waals surface area contributed by atoms with Crippen LogP contribution < -0.4 is 9.62 Å². The van der Waals surface area contributed by atoms with Crippen LogP contribution in [0.5, 0.6) is 0 Å². The van der Waals surface area contributed by atoms with Crippen molar-refractivity contribution in [3.05, 3.63) is 72.1 Å². The molecule has 0 aliphatic rings. The van der Waals surface area contributed by atoms with Gasteiger partial charge in [0, 0.05) is 18.7 Å². The van der Waals surface area contributed by atoms with Gasteiger partial charge in [-0.1, -0.05) is 24.3 Å². The highest BCUT2D eigenvalue weighted by Gasteiger charge is 2.36. The van der Waals surface area contributed by atoms with Gasteiger partial charge in [-0.2, -0.15) is 13.2 Å². The van der Waals surface area contributed by atoms with E-state index >= 15 is 0 Å². The Balaban J connectivity index is 2.15. The van der Waals surface area contributed by atoms with E-state index in [-0.39, 0.29) is 11.6 Å². The molecule has 0 aliphatic heterocycles. The number of hydrogen-bond donors (Lipinski definition) is 2. The lowest BCUT2D eigenvalue weighted by molar-refractivity contribution is -0.137. The summed E-state index contributed by atoms with van der Waals surface area (Å²) in [6.45, 7) is 2.98. The first kappa shape index (κ1) is 22.4. The Morgan fingerprint density at radius 2 is 1.77 bits per heavy atom. The van der Waals surface area contributed by atoms with Crippen LogP contribution in [-0.4, -0.2) is 19.7 Å². The van der Waals surface area contributed by atoms with E-state index in [1.165, 1.54) is 37.5 Å². The molecule has 2 N–H and O–H groups in total. The molecule has 1 unspecified atom stereocenters. The number of carbonyl (C=O) groups excluding carboxylic acids is 1. The van der Waals surface area contributed by atoms with Crippen LogP contribution in [0, 0.1) is 6.92 Å². The van der Waals surface area contributed by atoms with Crippen molar-refractivity contribution < 1.29 is 26.7 Å². The molecule has 31 heavy (non-hydrogen) atoms. The Hall–Kier alpha value is -3.24. The van der Waals surface area contributed by atoms with Gasteiger partial charge in [-0.05, 0) is 42.3 Å². The summed E-state index contributed by atoms with van der Waals surface area (Å²) in [5.74, 6) is -0.283. The van der Waals surface area contributed by atoms with Crippen molar-refractivity contribution in [2.75, 3.05) is 9.62 Å². The number of amides is 1. The second kappa shape index (κ2) is 8.86. The number of pyridine rings is 1. The fourth-order valence-corrected chi connectivity index (χ4v) is 3.76. The number of alkyl halides is 3. The van der Waals surface area contributed by atoms with Crippen molar-refractivity contribution in [3.63, 3.8) is 0 Å². The molecular formula is C21H18F3N3O3S. The van der Waals surface area contributed by atoms with E-state index in [2.05, 4.69) is 10.3 Å². The molecule has 162 valence electrons. The fourth-order valence-electron chi connectivity index (χ4n) is 3.07. The van der Waals surface area contributed by atoms with Crippen molar-refractivity contribution in [1.29, 1.82) is 0 Å². The Labute approximate surface area is 179 Å². The summed E-state index contributed by atoms with van der Waals surface area (Å²) in [6, 6.07) is 11.1. The van der Waals surface area contributed by atoms with Crippen LogP contribution in [0.15, 0.2) is 60.9 Å². The van der Waals surface area contributed by atoms with Crippen molar-refractivity contribution in [2.45, 2.75) is 20.0 Å². The van der Waals surface area contributed by atoms with E-state index in [4.69, 9.17) is 0 Å². The lowest BCUT2D eigenvalue weighted by Crippen LogP contribution is -2.23. The summed E-state index contributed by atoms with van der Waals surface area (Å²) in [6.07, 6.45) is -1.74. The van der Waals surface area contributed by atoms with Gasteiger partial charge in [0.05, 0.1) is 28.8 Å². The number of para-hydroxylation sites is 1. The van der Waals surface area contributed by atoms with Crippen LogP contribution in [-0.2, 0) is 22.2 Å². The highest BCUT2D eigenvalue weighted by molar-refractivity contribution is 7.81. The first-order valence-electron chi connectivity index (χ1n) is 8.99.